The lowest BCUT2D eigenvalue weighted by Crippen LogP contribution is -2.62. The highest BCUT2D eigenvalue weighted by molar-refractivity contribution is 5.97. The molecule has 0 N–H and O–H groups in total. The molecule has 0 bridgehead atoms. The van der Waals surface area contributed by atoms with Crippen molar-refractivity contribution >= 4 is 11.8 Å². The number of amides is 2. The van der Waals surface area contributed by atoms with Crippen LogP contribution in [0.5, 0.6) is 0 Å². The van der Waals surface area contributed by atoms with Gasteiger partial charge in [-0.15, -0.1) is 0 Å². The van der Waals surface area contributed by atoms with Gasteiger partial charge in [-0.05, 0) is 38.3 Å². The molecule has 3 rings (SSSR count). The van der Waals surface area contributed by atoms with Gasteiger partial charge in [-0.3, -0.25) is 14.6 Å². The molecule has 2 aliphatic heterocycles. The van der Waals surface area contributed by atoms with Crippen LogP contribution in [0.1, 0.15) is 37.6 Å². The molecule has 2 saturated heterocycles. The van der Waals surface area contributed by atoms with Crippen LogP contribution in [0.3, 0.4) is 0 Å². The molecule has 2 atom stereocenters. The Kier molecular flexibility index (Phi) is 3.66. The molecule has 0 saturated carbocycles. The Bertz CT molecular complexity index is 572. The van der Waals surface area contributed by atoms with Crippen LogP contribution >= 0.6 is 0 Å². The Labute approximate surface area is 124 Å². The fourth-order valence-corrected chi connectivity index (χ4v) is 3.40. The normalized spacial score (nSPS) is 25.4. The summed E-state index contributed by atoms with van der Waals surface area (Å²) in [7, 11) is 0. The molecule has 2 aliphatic rings. The average Bonchev–Trinajstić information content (AvgIpc) is 2.95. The lowest BCUT2D eigenvalue weighted by atomic mass is 10.0. The zero-order chi connectivity index (χ0) is 15.0. The summed E-state index contributed by atoms with van der Waals surface area (Å²) >= 11 is 0. The van der Waals surface area contributed by atoms with Crippen molar-refractivity contribution in [3.05, 3.63) is 29.6 Å². The molecule has 5 heteroatoms. The molecule has 0 spiro atoms. The highest BCUT2D eigenvalue weighted by Gasteiger charge is 2.46. The summed E-state index contributed by atoms with van der Waals surface area (Å²) in [6.45, 7) is 5.04. The standard InChI is InChI=1S/C16H21N3O2/c1-3-13-15(20)18-9-5-8-14(18)16(21)19(13)10-12-7-4-6-11(2)17-12/h4,6-7,13-14H,3,5,8-10H2,1-2H3. The van der Waals surface area contributed by atoms with Gasteiger partial charge in [0.15, 0.2) is 0 Å². The minimum Gasteiger partial charge on any atom is -0.329 e. The van der Waals surface area contributed by atoms with Gasteiger partial charge in [0.1, 0.15) is 12.1 Å². The second kappa shape index (κ2) is 5.47. The van der Waals surface area contributed by atoms with Gasteiger partial charge in [0.2, 0.25) is 11.8 Å². The third-order valence-corrected chi connectivity index (χ3v) is 4.43. The van der Waals surface area contributed by atoms with Crippen LogP contribution in [0.4, 0.5) is 0 Å². The lowest BCUT2D eigenvalue weighted by molar-refractivity contribution is -0.160. The minimum atomic E-state index is -0.339. The van der Waals surface area contributed by atoms with Crippen LogP contribution < -0.4 is 0 Å². The van der Waals surface area contributed by atoms with E-state index in [0.717, 1.165) is 30.8 Å². The van der Waals surface area contributed by atoms with Gasteiger partial charge >= 0.3 is 0 Å². The summed E-state index contributed by atoms with van der Waals surface area (Å²) in [5.41, 5.74) is 1.78. The van der Waals surface area contributed by atoms with E-state index in [1.54, 1.807) is 9.80 Å². The van der Waals surface area contributed by atoms with Crippen molar-refractivity contribution in [2.45, 2.75) is 51.7 Å². The number of carbonyl (C=O) groups excluding carboxylic acids is 2. The van der Waals surface area contributed by atoms with Crippen LogP contribution in [0.2, 0.25) is 0 Å². The van der Waals surface area contributed by atoms with Crippen molar-refractivity contribution in [3.63, 3.8) is 0 Å². The van der Waals surface area contributed by atoms with E-state index in [2.05, 4.69) is 4.98 Å². The van der Waals surface area contributed by atoms with Crippen molar-refractivity contribution in [2.75, 3.05) is 6.54 Å². The van der Waals surface area contributed by atoms with E-state index in [1.165, 1.54) is 0 Å². The second-order valence-electron chi connectivity index (χ2n) is 5.85. The Balaban J connectivity index is 1.87. The van der Waals surface area contributed by atoms with Crippen molar-refractivity contribution in [3.8, 4) is 0 Å². The summed E-state index contributed by atoms with van der Waals surface area (Å²) in [5, 5.41) is 0. The maximum Gasteiger partial charge on any atom is 0.246 e. The van der Waals surface area contributed by atoms with E-state index in [9.17, 15) is 9.59 Å². The number of rotatable bonds is 3. The molecule has 0 aliphatic carbocycles. The highest BCUT2D eigenvalue weighted by Crippen LogP contribution is 2.29. The number of piperazine rings is 1. The molecule has 3 heterocycles. The monoisotopic (exact) mass is 287 g/mol. The zero-order valence-electron chi connectivity index (χ0n) is 12.6. The second-order valence-corrected chi connectivity index (χ2v) is 5.85. The molecule has 112 valence electrons. The number of pyridine rings is 1. The first-order chi connectivity index (χ1) is 10.1. The van der Waals surface area contributed by atoms with Crippen LogP contribution in [-0.2, 0) is 16.1 Å². The molecule has 0 aromatic carbocycles. The Morgan fingerprint density at radius 3 is 2.81 bits per heavy atom. The molecule has 0 radical (unpaired) electrons. The van der Waals surface area contributed by atoms with Crippen LogP contribution in [0.15, 0.2) is 18.2 Å². The average molecular weight is 287 g/mol. The summed E-state index contributed by atoms with van der Waals surface area (Å²) in [5.74, 6) is 0.189. The molecule has 5 nitrogen and oxygen atoms in total. The van der Waals surface area contributed by atoms with Gasteiger partial charge in [0.05, 0.1) is 12.2 Å². The first kappa shape index (κ1) is 14.0. The number of fused-ring (bicyclic) bond motifs is 1. The van der Waals surface area contributed by atoms with Crippen LogP contribution in [-0.4, -0.2) is 45.2 Å². The third-order valence-electron chi connectivity index (χ3n) is 4.43. The fourth-order valence-electron chi connectivity index (χ4n) is 3.40. The van der Waals surface area contributed by atoms with Crippen molar-refractivity contribution < 1.29 is 9.59 Å². The molecule has 21 heavy (non-hydrogen) atoms. The van der Waals surface area contributed by atoms with E-state index in [1.807, 2.05) is 32.0 Å². The lowest BCUT2D eigenvalue weighted by Gasteiger charge is -2.42. The summed E-state index contributed by atoms with van der Waals surface area (Å²) in [6, 6.07) is 5.21. The Morgan fingerprint density at radius 1 is 1.29 bits per heavy atom. The third kappa shape index (κ3) is 2.41. The number of carbonyl (C=O) groups is 2. The maximum absolute atomic E-state index is 12.7. The predicted molar refractivity (Wildman–Crippen MR) is 78.3 cm³/mol. The van der Waals surface area contributed by atoms with E-state index < -0.39 is 0 Å². The number of aromatic nitrogens is 1. The number of nitrogens with zero attached hydrogens (tertiary/aromatic N) is 3. The SMILES string of the molecule is CCC1C(=O)N2CCCC2C(=O)N1Cc1cccc(C)n1. The summed E-state index contributed by atoms with van der Waals surface area (Å²) < 4.78 is 0. The summed E-state index contributed by atoms with van der Waals surface area (Å²) in [4.78, 5) is 33.2. The van der Waals surface area contributed by atoms with Crippen molar-refractivity contribution in [2.24, 2.45) is 0 Å². The molecular weight excluding hydrogens is 266 g/mol. The number of aryl methyl sites for hydroxylation is 1. The highest BCUT2D eigenvalue weighted by atomic mass is 16.2. The summed E-state index contributed by atoms with van der Waals surface area (Å²) in [6.07, 6.45) is 2.37. The molecule has 2 fully saturated rings. The van der Waals surface area contributed by atoms with Crippen molar-refractivity contribution in [1.82, 2.24) is 14.8 Å². The fraction of sp³-hybridized carbons (Fsp3) is 0.562. The van der Waals surface area contributed by atoms with E-state index >= 15 is 0 Å². The molecule has 1 aromatic heterocycles. The van der Waals surface area contributed by atoms with E-state index in [4.69, 9.17) is 0 Å². The predicted octanol–water partition coefficient (Wildman–Crippen LogP) is 1.50. The van der Waals surface area contributed by atoms with Gasteiger partial charge in [-0.2, -0.15) is 0 Å². The number of hydrogen-bond acceptors (Lipinski definition) is 3. The largest absolute Gasteiger partial charge is 0.329 e. The number of hydrogen-bond donors (Lipinski definition) is 0. The van der Waals surface area contributed by atoms with Gasteiger partial charge in [-0.1, -0.05) is 13.0 Å². The van der Waals surface area contributed by atoms with Gasteiger partial charge in [0.25, 0.3) is 0 Å². The van der Waals surface area contributed by atoms with Crippen molar-refractivity contribution in [1.29, 1.82) is 0 Å². The molecule has 1 aromatic rings. The van der Waals surface area contributed by atoms with Gasteiger partial charge < -0.3 is 9.80 Å². The van der Waals surface area contributed by atoms with Gasteiger partial charge in [-0.25, -0.2) is 0 Å². The maximum atomic E-state index is 12.7. The van der Waals surface area contributed by atoms with Crippen LogP contribution in [0.25, 0.3) is 0 Å². The zero-order valence-corrected chi connectivity index (χ0v) is 12.6. The topological polar surface area (TPSA) is 53.5 Å². The Morgan fingerprint density at radius 2 is 2.10 bits per heavy atom. The molecule has 2 amide bonds. The molecular formula is C16H21N3O2. The minimum absolute atomic E-state index is 0.0854. The Hall–Kier alpha value is -1.91. The quantitative estimate of drug-likeness (QED) is 0.846. The van der Waals surface area contributed by atoms with E-state index in [0.29, 0.717) is 13.0 Å². The first-order valence-corrected chi connectivity index (χ1v) is 7.65. The molecule has 2 unspecified atom stereocenters. The van der Waals surface area contributed by atoms with E-state index in [-0.39, 0.29) is 23.9 Å². The van der Waals surface area contributed by atoms with Gasteiger partial charge in [0, 0.05) is 12.2 Å². The smallest absolute Gasteiger partial charge is 0.246 e. The first-order valence-electron chi connectivity index (χ1n) is 7.65. The van der Waals surface area contributed by atoms with Crippen LogP contribution in [0, 0.1) is 6.92 Å².